The molecule has 1 aliphatic rings. The van der Waals surface area contributed by atoms with Crippen molar-refractivity contribution < 1.29 is 9.84 Å². The minimum atomic E-state index is -0.436. The maximum atomic E-state index is 10.1. The topological polar surface area (TPSA) is 41.5 Å². The van der Waals surface area contributed by atoms with E-state index in [2.05, 4.69) is 19.2 Å². The van der Waals surface area contributed by atoms with Gasteiger partial charge >= 0.3 is 0 Å². The monoisotopic (exact) mass is 257 g/mol. The molecule has 0 fully saturated rings. The summed E-state index contributed by atoms with van der Waals surface area (Å²) < 4.78 is 5.74. The van der Waals surface area contributed by atoms with Crippen molar-refractivity contribution >= 4 is 12.4 Å². The number of hydrogen-bond acceptors (Lipinski definition) is 3. The number of likely N-dealkylation sites (N-methyl/N-ethyl adjacent to an activating group) is 1. The molecule has 0 radical (unpaired) electrons. The summed E-state index contributed by atoms with van der Waals surface area (Å²) >= 11 is 0. The lowest BCUT2D eigenvalue weighted by Crippen LogP contribution is -2.31. The third-order valence-corrected chi connectivity index (χ3v) is 3.34. The van der Waals surface area contributed by atoms with Crippen LogP contribution in [0.15, 0.2) is 12.1 Å². The minimum absolute atomic E-state index is 0. The minimum Gasteiger partial charge on any atom is -0.492 e. The second-order valence-corrected chi connectivity index (χ2v) is 4.52. The number of benzene rings is 1. The second kappa shape index (κ2) is 5.71. The number of hydrogen-bond donors (Lipinski definition) is 2. The van der Waals surface area contributed by atoms with Crippen LogP contribution >= 0.6 is 12.4 Å². The van der Waals surface area contributed by atoms with Gasteiger partial charge in [0, 0.05) is 11.6 Å². The van der Waals surface area contributed by atoms with Crippen molar-refractivity contribution in [2.75, 3.05) is 13.7 Å². The third-order valence-electron chi connectivity index (χ3n) is 3.34. The van der Waals surface area contributed by atoms with E-state index in [1.165, 1.54) is 11.1 Å². The quantitative estimate of drug-likeness (QED) is 0.810. The van der Waals surface area contributed by atoms with Crippen LogP contribution in [0.4, 0.5) is 0 Å². The predicted octanol–water partition coefficient (Wildman–Crippen LogP) is 2.13. The Labute approximate surface area is 109 Å². The molecule has 0 saturated carbocycles. The number of aliphatic hydroxyl groups is 1. The molecule has 1 aromatic rings. The lowest BCUT2D eigenvalue weighted by Gasteiger charge is -2.14. The van der Waals surface area contributed by atoms with Crippen molar-refractivity contribution in [3.05, 3.63) is 28.8 Å². The van der Waals surface area contributed by atoms with E-state index in [0.29, 0.717) is 13.0 Å². The van der Waals surface area contributed by atoms with Gasteiger partial charge in [-0.05, 0) is 50.6 Å². The summed E-state index contributed by atoms with van der Waals surface area (Å²) in [5, 5.41) is 13.3. The summed E-state index contributed by atoms with van der Waals surface area (Å²) in [7, 11) is 1.90. The summed E-state index contributed by atoms with van der Waals surface area (Å²) in [6, 6.07) is 4.27. The molecule has 4 heteroatoms. The first kappa shape index (κ1) is 14.3. The van der Waals surface area contributed by atoms with Crippen LogP contribution in [0.3, 0.4) is 0 Å². The van der Waals surface area contributed by atoms with E-state index in [1.807, 2.05) is 19.2 Å². The first-order chi connectivity index (χ1) is 7.61. The molecule has 0 aliphatic carbocycles. The Morgan fingerprint density at radius 2 is 1.94 bits per heavy atom. The molecule has 1 aromatic carbocycles. The molecule has 0 spiro atoms. The highest BCUT2D eigenvalue weighted by Gasteiger charge is 2.23. The summed E-state index contributed by atoms with van der Waals surface area (Å²) in [6.07, 6.45) is 0.265. The number of rotatable bonds is 1. The first-order valence-electron chi connectivity index (χ1n) is 5.71. The number of aliphatic hydroxyl groups excluding tert-OH is 1. The van der Waals surface area contributed by atoms with E-state index in [1.54, 1.807) is 0 Å². The Balaban J connectivity index is 0.00000144. The SMILES string of the molecule is CN[C@H]1COc2cc(C)c(C)cc2[C@H](O)C1.Cl. The molecule has 1 aliphatic heterocycles. The van der Waals surface area contributed by atoms with Gasteiger partial charge in [-0.15, -0.1) is 12.4 Å². The third kappa shape index (κ3) is 2.92. The number of fused-ring (bicyclic) bond motifs is 1. The van der Waals surface area contributed by atoms with Crippen molar-refractivity contribution in [3.8, 4) is 5.75 Å². The average molecular weight is 258 g/mol. The molecule has 2 rings (SSSR count). The van der Waals surface area contributed by atoms with E-state index >= 15 is 0 Å². The molecule has 2 N–H and O–H groups in total. The first-order valence-corrected chi connectivity index (χ1v) is 5.71. The lowest BCUT2D eigenvalue weighted by molar-refractivity contribution is 0.153. The predicted molar refractivity (Wildman–Crippen MR) is 71.1 cm³/mol. The van der Waals surface area contributed by atoms with E-state index in [9.17, 15) is 5.11 Å². The summed E-state index contributed by atoms with van der Waals surface area (Å²) in [6.45, 7) is 4.73. The molecular weight excluding hydrogens is 238 g/mol. The van der Waals surface area contributed by atoms with Gasteiger partial charge < -0.3 is 15.2 Å². The van der Waals surface area contributed by atoms with Crippen molar-refractivity contribution in [3.63, 3.8) is 0 Å². The van der Waals surface area contributed by atoms with Crippen LogP contribution in [0, 0.1) is 13.8 Å². The van der Waals surface area contributed by atoms with E-state index in [-0.39, 0.29) is 18.4 Å². The average Bonchev–Trinajstić information content (AvgIpc) is 2.41. The van der Waals surface area contributed by atoms with Gasteiger partial charge in [-0.25, -0.2) is 0 Å². The lowest BCUT2D eigenvalue weighted by atomic mass is 9.98. The molecule has 2 atom stereocenters. The van der Waals surface area contributed by atoms with Gasteiger partial charge in [0.2, 0.25) is 0 Å². The molecule has 1 heterocycles. The zero-order valence-electron chi connectivity index (χ0n) is 10.5. The van der Waals surface area contributed by atoms with E-state index < -0.39 is 6.10 Å². The van der Waals surface area contributed by atoms with Gasteiger partial charge in [0.1, 0.15) is 12.4 Å². The molecular formula is C13H20ClNO2. The molecule has 0 amide bonds. The Morgan fingerprint density at radius 3 is 2.59 bits per heavy atom. The maximum Gasteiger partial charge on any atom is 0.125 e. The molecule has 0 bridgehead atoms. The zero-order chi connectivity index (χ0) is 11.7. The van der Waals surface area contributed by atoms with Gasteiger partial charge in [-0.1, -0.05) is 0 Å². The Bertz CT molecular complexity index is 395. The number of nitrogens with one attached hydrogen (secondary N) is 1. The molecule has 0 unspecified atom stereocenters. The molecule has 96 valence electrons. The fraction of sp³-hybridized carbons (Fsp3) is 0.538. The molecule has 3 nitrogen and oxygen atoms in total. The van der Waals surface area contributed by atoms with Gasteiger partial charge in [-0.3, -0.25) is 0 Å². The molecule has 0 saturated heterocycles. The summed E-state index contributed by atoms with van der Waals surface area (Å²) in [4.78, 5) is 0. The smallest absolute Gasteiger partial charge is 0.125 e. The molecule has 17 heavy (non-hydrogen) atoms. The van der Waals surface area contributed by atoms with Crippen LogP contribution in [-0.4, -0.2) is 24.8 Å². The number of aryl methyl sites for hydroxylation is 2. The summed E-state index contributed by atoms with van der Waals surface area (Å²) in [5.41, 5.74) is 3.32. The Hall–Kier alpha value is -0.770. The highest BCUT2D eigenvalue weighted by Crippen LogP contribution is 2.33. The van der Waals surface area contributed by atoms with E-state index in [4.69, 9.17) is 4.74 Å². The van der Waals surface area contributed by atoms with Gasteiger partial charge in [0.05, 0.1) is 6.10 Å². The summed E-state index contributed by atoms with van der Waals surface area (Å²) in [5.74, 6) is 0.827. The van der Waals surface area contributed by atoms with Crippen molar-refractivity contribution in [2.45, 2.75) is 32.4 Å². The normalized spacial score (nSPS) is 23.1. The van der Waals surface area contributed by atoms with Crippen LogP contribution < -0.4 is 10.1 Å². The Morgan fingerprint density at radius 1 is 1.29 bits per heavy atom. The van der Waals surface area contributed by atoms with Crippen LogP contribution in [0.2, 0.25) is 0 Å². The highest BCUT2D eigenvalue weighted by molar-refractivity contribution is 5.85. The van der Waals surface area contributed by atoms with Gasteiger partial charge in [0.15, 0.2) is 0 Å². The fourth-order valence-electron chi connectivity index (χ4n) is 2.05. The number of ether oxygens (including phenoxy) is 1. The standard InChI is InChI=1S/C13H19NO2.ClH/c1-8-4-11-12(15)6-10(14-3)7-16-13(11)5-9(8)2;/h4-5,10,12,14-15H,6-7H2,1-3H3;1H/t10-,12-;/m1./s1. The zero-order valence-corrected chi connectivity index (χ0v) is 11.3. The van der Waals surface area contributed by atoms with Gasteiger partial charge in [-0.2, -0.15) is 0 Å². The number of halogens is 1. The maximum absolute atomic E-state index is 10.1. The molecule has 0 aromatic heterocycles. The van der Waals surface area contributed by atoms with Crippen molar-refractivity contribution in [2.24, 2.45) is 0 Å². The van der Waals surface area contributed by atoms with Crippen molar-refractivity contribution in [1.82, 2.24) is 5.32 Å². The van der Waals surface area contributed by atoms with Crippen LogP contribution in [0.1, 0.15) is 29.2 Å². The van der Waals surface area contributed by atoms with E-state index in [0.717, 1.165) is 11.3 Å². The van der Waals surface area contributed by atoms with Crippen LogP contribution in [0.5, 0.6) is 5.75 Å². The fourth-order valence-corrected chi connectivity index (χ4v) is 2.05. The Kier molecular flexibility index (Phi) is 4.80. The van der Waals surface area contributed by atoms with Crippen molar-refractivity contribution in [1.29, 1.82) is 0 Å². The second-order valence-electron chi connectivity index (χ2n) is 4.52. The highest BCUT2D eigenvalue weighted by atomic mass is 35.5. The van der Waals surface area contributed by atoms with Crippen LogP contribution in [0.25, 0.3) is 0 Å². The largest absolute Gasteiger partial charge is 0.492 e. The van der Waals surface area contributed by atoms with Gasteiger partial charge in [0.25, 0.3) is 0 Å². The van der Waals surface area contributed by atoms with Crippen LogP contribution in [-0.2, 0) is 0 Å².